The van der Waals surface area contributed by atoms with Crippen LogP contribution in [0.2, 0.25) is 0 Å². The van der Waals surface area contributed by atoms with E-state index in [1.807, 2.05) is 13.8 Å². The summed E-state index contributed by atoms with van der Waals surface area (Å²) in [5.41, 5.74) is 4.56. The minimum absolute atomic E-state index is 0.365. The molecule has 3 aliphatic carbocycles. The van der Waals surface area contributed by atoms with Crippen molar-refractivity contribution in [3.8, 4) is 0 Å². The van der Waals surface area contributed by atoms with Crippen LogP contribution in [0.5, 0.6) is 0 Å². The molecule has 3 nitrogen and oxygen atoms in total. The number of hydrogen-bond acceptors (Lipinski definition) is 3. The van der Waals surface area contributed by atoms with Crippen LogP contribution in [0.3, 0.4) is 0 Å². The van der Waals surface area contributed by atoms with Crippen LogP contribution in [0.4, 0.5) is 0 Å². The fraction of sp³-hybridized carbons (Fsp3) is 0.786. The lowest BCUT2D eigenvalue weighted by molar-refractivity contribution is 0.0595. The van der Waals surface area contributed by atoms with E-state index in [0.29, 0.717) is 30.1 Å². The maximum Gasteiger partial charge on any atom is 0.0811 e. The smallest absolute Gasteiger partial charge is 0.0811 e. The lowest BCUT2D eigenvalue weighted by Crippen LogP contribution is -2.36. The van der Waals surface area contributed by atoms with Gasteiger partial charge < -0.3 is 15.3 Å². The molecule has 0 heterocycles. The molecule has 0 aliphatic heterocycles. The van der Waals surface area contributed by atoms with Crippen molar-refractivity contribution in [2.75, 3.05) is 0 Å². The molecular weight excluding hydrogens is 384 g/mol. The van der Waals surface area contributed by atoms with E-state index in [9.17, 15) is 15.3 Å². The minimum Gasteiger partial charge on any atom is -0.393 e. The summed E-state index contributed by atoms with van der Waals surface area (Å²) in [7, 11) is 0. The molecule has 3 heteroatoms. The zero-order chi connectivity index (χ0) is 23.0. The zero-order valence-corrected chi connectivity index (χ0v) is 20.6. The van der Waals surface area contributed by atoms with Crippen LogP contribution in [0.25, 0.3) is 0 Å². The van der Waals surface area contributed by atoms with Gasteiger partial charge >= 0.3 is 0 Å². The van der Waals surface area contributed by atoms with Gasteiger partial charge in [0.2, 0.25) is 0 Å². The first kappa shape index (κ1) is 24.7. The van der Waals surface area contributed by atoms with E-state index in [1.54, 1.807) is 5.57 Å². The molecule has 0 aromatic rings. The Labute approximate surface area is 190 Å². The molecule has 3 saturated carbocycles. The lowest BCUT2D eigenvalue weighted by atomic mass is 9.60. The molecule has 0 unspecified atom stereocenters. The van der Waals surface area contributed by atoms with Crippen molar-refractivity contribution in [3.63, 3.8) is 0 Å². The standard InChI is InChI=1S/C28H46O3/c1-18(9-7-13-27(4,5)31)24-11-12-25-23(10-8-14-28(24,25)6)19(2)15-21-16-22(29)17-26(30)20(21)3/h15,18,22,24-26,29-31H,3,7-14,16-17H2,1-2,4-6H3/b21-15-,23-19+/t18-,22-,24-,25+,26+,28-/m1/s1. The summed E-state index contributed by atoms with van der Waals surface area (Å²) >= 11 is 0. The van der Waals surface area contributed by atoms with Crippen molar-refractivity contribution >= 4 is 0 Å². The number of aliphatic hydroxyl groups excluding tert-OH is 2. The van der Waals surface area contributed by atoms with Crippen LogP contribution >= 0.6 is 0 Å². The quantitative estimate of drug-likeness (QED) is 0.477. The Morgan fingerprint density at radius 3 is 2.68 bits per heavy atom. The van der Waals surface area contributed by atoms with Crippen molar-refractivity contribution < 1.29 is 15.3 Å². The van der Waals surface area contributed by atoms with Gasteiger partial charge in [-0.3, -0.25) is 0 Å². The van der Waals surface area contributed by atoms with E-state index < -0.39 is 17.8 Å². The number of rotatable bonds is 6. The third kappa shape index (κ3) is 5.54. The van der Waals surface area contributed by atoms with Gasteiger partial charge in [0.25, 0.3) is 0 Å². The Morgan fingerprint density at radius 2 is 2.00 bits per heavy atom. The molecular formula is C28H46O3. The monoisotopic (exact) mass is 430 g/mol. The van der Waals surface area contributed by atoms with Crippen molar-refractivity contribution in [1.29, 1.82) is 0 Å². The molecule has 31 heavy (non-hydrogen) atoms. The molecule has 0 saturated heterocycles. The van der Waals surface area contributed by atoms with Crippen LogP contribution in [0, 0.1) is 23.2 Å². The molecule has 0 radical (unpaired) electrons. The van der Waals surface area contributed by atoms with Crippen molar-refractivity contribution in [1.82, 2.24) is 0 Å². The van der Waals surface area contributed by atoms with E-state index in [1.165, 1.54) is 44.1 Å². The summed E-state index contributed by atoms with van der Waals surface area (Å²) in [5.74, 6) is 2.09. The molecule has 6 atom stereocenters. The molecule has 0 amide bonds. The molecule has 176 valence electrons. The summed E-state index contributed by atoms with van der Waals surface area (Å²) in [6, 6.07) is 0. The largest absolute Gasteiger partial charge is 0.393 e. The molecule has 3 fully saturated rings. The van der Waals surface area contributed by atoms with E-state index >= 15 is 0 Å². The van der Waals surface area contributed by atoms with Gasteiger partial charge in [-0.15, -0.1) is 0 Å². The van der Waals surface area contributed by atoms with Crippen molar-refractivity contribution in [2.45, 2.75) is 117 Å². The third-order valence-corrected chi connectivity index (χ3v) is 8.79. The van der Waals surface area contributed by atoms with Gasteiger partial charge in [0, 0.05) is 6.42 Å². The first-order valence-corrected chi connectivity index (χ1v) is 12.6. The van der Waals surface area contributed by atoms with Gasteiger partial charge in [0.15, 0.2) is 0 Å². The summed E-state index contributed by atoms with van der Waals surface area (Å²) in [4.78, 5) is 0. The van der Waals surface area contributed by atoms with Gasteiger partial charge in [0.1, 0.15) is 0 Å². The molecule has 3 aliphatic rings. The summed E-state index contributed by atoms with van der Waals surface area (Å²) in [6.45, 7) is 15.1. The zero-order valence-electron chi connectivity index (χ0n) is 20.6. The highest BCUT2D eigenvalue weighted by atomic mass is 16.3. The number of fused-ring (bicyclic) bond motifs is 1. The highest BCUT2D eigenvalue weighted by Gasteiger charge is 2.50. The first-order chi connectivity index (χ1) is 14.4. The van der Waals surface area contributed by atoms with Crippen LogP contribution in [-0.2, 0) is 0 Å². The Hall–Kier alpha value is -0.900. The first-order valence-electron chi connectivity index (χ1n) is 12.6. The van der Waals surface area contributed by atoms with E-state index in [2.05, 4.69) is 33.4 Å². The third-order valence-electron chi connectivity index (χ3n) is 8.79. The lowest BCUT2D eigenvalue weighted by Gasteiger charge is -2.45. The number of aliphatic hydroxyl groups is 3. The summed E-state index contributed by atoms with van der Waals surface area (Å²) < 4.78 is 0. The highest BCUT2D eigenvalue weighted by Crippen LogP contribution is 2.60. The van der Waals surface area contributed by atoms with Crippen LogP contribution in [-0.4, -0.2) is 33.1 Å². The second kappa shape index (κ2) is 9.53. The molecule has 0 bridgehead atoms. The molecule has 0 aromatic carbocycles. The summed E-state index contributed by atoms with van der Waals surface area (Å²) in [5, 5.41) is 30.4. The number of hydrogen-bond donors (Lipinski definition) is 3. The Morgan fingerprint density at radius 1 is 1.29 bits per heavy atom. The normalized spacial score (nSPS) is 38.3. The maximum atomic E-state index is 10.2. The Kier molecular flexibility index (Phi) is 7.61. The second-order valence-corrected chi connectivity index (χ2v) is 11.8. The molecule has 3 rings (SSSR count). The van der Waals surface area contributed by atoms with Crippen molar-refractivity contribution in [2.24, 2.45) is 23.2 Å². The van der Waals surface area contributed by atoms with Crippen LogP contribution in [0.15, 0.2) is 34.9 Å². The fourth-order valence-corrected chi connectivity index (χ4v) is 7.08. The molecule has 0 spiro atoms. The van der Waals surface area contributed by atoms with Gasteiger partial charge in [-0.1, -0.05) is 50.5 Å². The number of allylic oxidation sites excluding steroid dienone is 3. The Bertz CT molecular complexity index is 725. The average Bonchev–Trinajstić information content (AvgIpc) is 3.01. The highest BCUT2D eigenvalue weighted by molar-refractivity contribution is 5.42. The minimum atomic E-state index is -0.620. The molecule has 0 aromatic heterocycles. The predicted molar refractivity (Wildman–Crippen MR) is 129 cm³/mol. The van der Waals surface area contributed by atoms with Crippen molar-refractivity contribution in [3.05, 3.63) is 34.9 Å². The Balaban J connectivity index is 1.77. The van der Waals surface area contributed by atoms with E-state index in [4.69, 9.17) is 0 Å². The van der Waals surface area contributed by atoms with Crippen LogP contribution < -0.4 is 0 Å². The average molecular weight is 431 g/mol. The van der Waals surface area contributed by atoms with E-state index in [-0.39, 0.29) is 0 Å². The van der Waals surface area contributed by atoms with Crippen LogP contribution in [0.1, 0.15) is 98.8 Å². The second-order valence-electron chi connectivity index (χ2n) is 11.8. The molecule has 3 N–H and O–H groups in total. The SMILES string of the molecule is C=C1/C(=C\C(C)=C2/CCC[C@]3(C)[C@@H]([C@H](C)CCCC(C)(C)O)CC[C@@H]23)C[C@@H](O)C[C@@H]1O. The van der Waals surface area contributed by atoms with Gasteiger partial charge in [0.05, 0.1) is 17.8 Å². The topological polar surface area (TPSA) is 60.7 Å². The predicted octanol–water partition coefficient (Wildman–Crippen LogP) is 6.09. The van der Waals surface area contributed by atoms with Gasteiger partial charge in [-0.05, 0) is 100 Å². The maximum absolute atomic E-state index is 10.2. The summed E-state index contributed by atoms with van der Waals surface area (Å²) in [6.07, 6.45) is 11.6. The van der Waals surface area contributed by atoms with Gasteiger partial charge in [-0.2, -0.15) is 0 Å². The fourth-order valence-electron chi connectivity index (χ4n) is 7.08. The van der Waals surface area contributed by atoms with E-state index in [0.717, 1.165) is 29.9 Å². The van der Waals surface area contributed by atoms with Gasteiger partial charge in [-0.25, -0.2) is 0 Å².